The maximum atomic E-state index is 10.5. The van der Waals surface area contributed by atoms with Crippen molar-refractivity contribution in [1.29, 1.82) is 0 Å². The molecule has 0 saturated heterocycles. The molecule has 1 aliphatic rings. The van der Waals surface area contributed by atoms with Gasteiger partial charge >= 0.3 is 0 Å². The number of rotatable bonds is 7. The van der Waals surface area contributed by atoms with E-state index in [0.29, 0.717) is 12.4 Å². The number of benzene rings is 4. The van der Waals surface area contributed by atoms with E-state index in [4.69, 9.17) is 9.47 Å². The van der Waals surface area contributed by atoms with E-state index >= 15 is 0 Å². The fourth-order valence-electron chi connectivity index (χ4n) is 5.32. The molecule has 1 N–H and O–H groups in total. The Morgan fingerprint density at radius 2 is 1.59 bits per heavy atom. The third-order valence-corrected chi connectivity index (χ3v) is 7.82. The van der Waals surface area contributed by atoms with E-state index in [-0.39, 0.29) is 5.92 Å². The molecule has 0 saturated carbocycles. The number of hydrogen-bond acceptors (Lipinski definition) is 3. The number of aromatic hydroxyl groups is 1. The van der Waals surface area contributed by atoms with Crippen LogP contribution in [0.3, 0.4) is 0 Å². The third kappa shape index (κ3) is 5.22. The molecule has 3 nitrogen and oxygen atoms in total. The van der Waals surface area contributed by atoms with E-state index in [1.807, 2.05) is 26.8 Å². The first-order chi connectivity index (χ1) is 17.8. The summed E-state index contributed by atoms with van der Waals surface area (Å²) in [5.74, 6) is 2.25. The Morgan fingerprint density at radius 1 is 0.892 bits per heavy atom. The first kappa shape index (κ1) is 25.0. The number of phenolic OH excluding ortho intramolecular Hbond substituents is 1. The maximum Gasteiger partial charge on any atom is 0.140 e. The Balaban J connectivity index is 1.31. The first-order valence-corrected chi connectivity index (χ1v) is 13.1. The van der Waals surface area contributed by atoms with Gasteiger partial charge in [0, 0.05) is 17.5 Å². The van der Waals surface area contributed by atoms with Gasteiger partial charge in [-0.05, 0) is 92.5 Å². The van der Waals surface area contributed by atoms with Crippen molar-refractivity contribution in [3.63, 3.8) is 0 Å². The second-order valence-corrected chi connectivity index (χ2v) is 10.5. The predicted molar refractivity (Wildman–Crippen MR) is 149 cm³/mol. The van der Waals surface area contributed by atoms with E-state index in [0.717, 1.165) is 53.0 Å². The van der Waals surface area contributed by atoms with Crippen molar-refractivity contribution in [2.45, 2.75) is 58.5 Å². The highest BCUT2D eigenvalue weighted by molar-refractivity contribution is 5.58. The normalized spacial score (nSPS) is 17.5. The summed E-state index contributed by atoms with van der Waals surface area (Å²) in [6.07, 6.45) is 2.61. The molecule has 1 radical (unpaired) electrons. The molecule has 1 aliphatic heterocycles. The topological polar surface area (TPSA) is 38.7 Å². The van der Waals surface area contributed by atoms with E-state index in [1.165, 1.54) is 16.7 Å². The van der Waals surface area contributed by atoms with Crippen LogP contribution in [0.2, 0.25) is 0 Å². The van der Waals surface area contributed by atoms with Gasteiger partial charge in [-0.25, -0.2) is 0 Å². The van der Waals surface area contributed by atoms with Gasteiger partial charge in [0.25, 0.3) is 0 Å². The Labute approximate surface area is 220 Å². The summed E-state index contributed by atoms with van der Waals surface area (Å²) in [5, 5.41) is 10.5. The summed E-state index contributed by atoms with van der Waals surface area (Å²) in [6, 6.07) is 30.9. The largest absolute Gasteiger partial charge is 0.507 e. The smallest absolute Gasteiger partial charge is 0.140 e. The highest BCUT2D eigenvalue weighted by Gasteiger charge is 2.35. The first-order valence-electron chi connectivity index (χ1n) is 13.1. The molecule has 0 fully saturated rings. The van der Waals surface area contributed by atoms with Crippen LogP contribution in [0.15, 0.2) is 78.9 Å². The van der Waals surface area contributed by atoms with Crippen LogP contribution in [-0.2, 0) is 12.8 Å². The van der Waals surface area contributed by atoms with Gasteiger partial charge in [-0.1, -0.05) is 66.7 Å². The average molecular weight is 492 g/mol. The monoisotopic (exact) mass is 491 g/mol. The molecular weight excluding hydrogens is 456 g/mol. The van der Waals surface area contributed by atoms with Gasteiger partial charge in [0.2, 0.25) is 0 Å². The molecule has 37 heavy (non-hydrogen) atoms. The van der Waals surface area contributed by atoms with Crippen molar-refractivity contribution in [3.05, 3.63) is 124 Å². The number of ether oxygens (including phenoxy) is 2. The summed E-state index contributed by atoms with van der Waals surface area (Å²) in [5.41, 5.74) is 7.31. The van der Waals surface area contributed by atoms with Gasteiger partial charge < -0.3 is 14.6 Å². The van der Waals surface area contributed by atoms with Crippen LogP contribution in [0.5, 0.6) is 17.2 Å². The summed E-state index contributed by atoms with van der Waals surface area (Å²) >= 11 is 0. The van der Waals surface area contributed by atoms with Crippen LogP contribution in [0, 0.1) is 26.8 Å². The molecule has 2 atom stereocenters. The van der Waals surface area contributed by atoms with Crippen LogP contribution < -0.4 is 9.47 Å². The van der Waals surface area contributed by atoms with Gasteiger partial charge in [0.15, 0.2) is 0 Å². The molecule has 4 aromatic rings. The van der Waals surface area contributed by atoms with Crippen LogP contribution in [-0.4, -0.2) is 17.3 Å². The van der Waals surface area contributed by atoms with E-state index in [9.17, 15) is 5.11 Å². The van der Waals surface area contributed by atoms with Crippen molar-refractivity contribution in [1.82, 2.24) is 0 Å². The molecule has 5 rings (SSSR count). The van der Waals surface area contributed by atoms with Crippen LogP contribution in [0.1, 0.15) is 58.2 Å². The summed E-state index contributed by atoms with van der Waals surface area (Å²) in [6.45, 7) is 8.48. The Morgan fingerprint density at radius 3 is 2.27 bits per heavy atom. The Kier molecular flexibility index (Phi) is 6.97. The van der Waals surface area contributed by atoms with Gasteiger partial charge in [-0.3, -0.25) is 0 Å². The minimum Gasteiger partial charge on any atom is -0.507 e. The van der Waals surface area contributed by atoms with Gasteiger partial charge in [0.1, 0.15) is 29.5 Å². The SMILES string of the molecule is Cc1c(C)c2c(c(C)c1O)CCC(C)(COc1[c]cc(C(Cc3ccccc3)c3ccccc3)cc1)O2. The zero-order chi connectivity index (χ0) is 26.0. The van der Waals surface area contributed by atoms with Crippen LogP contribution >= 0.6 is 0 Å². The lowest BCUT2D eigenvalue weighted by molar-refractivity contribution is 0.0165. The number of phenols is 1. The molecule has 0 aliphatic carbocycles. The standard InChI is InChI=1S/C34H35O3/c1-23-24(2)33-30(25(3)32(23)35)19-20-34(4,37-33)22-36-29-17-15-28(16-18-29)31(27-13-9-6-10-14-27)21-26-11-7-5-8-12-26/h5-17,31,35H,19-22H2,1-4H3. The highest BCUT2D eigenvalue weighted by atomic mass is 16.5. The lowest BCUT2D eigenvalue weighted by Gasteiger charge is -2.37. The fraction of sp³-hybridized carbons (Fsp3) is 0.294. The minimum atomic E-state index is -0.444. The summed E-state index contributed by atoms with van der Waals surface area (Å²) in [7, 11) is 0. The molecule has 4 aromatic carbocycles. The molecule has 3 heteroatoms. The van der Waals surface area contributed by atoms with E-state index in [1.54, 1.807) is 0 Å². The Hall–Kier alpha value is -3.72. The van der Waals surface area contributed by atoms with Crippen molar-refractivity contribution >= 4 is 0 Å². The molecule has 0 bridgehead atoms. The van der Waals surface area contributed by atoms with Crippen molar-refractivity contribution in [3.8, 4) is 17.2 Å². The molecule has 0 aromatic heterocycles. The molecular formula is C34H35O3. The second kappa shape index (κ2) is 10.3. The Bertz CT molecular complexity index is 1360. The molecule has 189 valence electrons. The van der Waals surface area contributed by atoms with Crippen LogP contribution in [0.4, 0.5) is 0 Å². The summed E-state index contributed by atoms with van der Waals surface area (Å²) < 4.78 is 12.7. The molecule has 0 spiro atoms. The second-order valence-electron chi connectivity index (χ2n) is 10.5. The van der Waals surface area contributed by atoms with Gasteiger partial charge in [-0.15, -0.1) is 0 Å². The predicted octanol–water partition coefficient (Wildman–Crippen LogP) is 7.65. The van der Waals surface area contributed by atoms with Crippen molar-refractivity contribution in [2.75, 3.05) is 6.61 Å². The molecule has 2 unspecified atom stereocenters. The van der Waals surface area contributed by atoms with Gasteiger partial charge in [0.05, 0.1) is 0 Å². The maximum absolute atomic E-state index is 10.5. The van der Waals surface area contributed by atoms with Crippen molar-refractivity contribution < 1.29 is 14.6 Å². The highest BCUT2D eigenvalue weighted by Crippen LogP contribution is 2.43. The summed E-state index contributed by atoms with van der Waals surface area (Å²) in [4.78, 5) is 0. The fourth-order valence-corrected chi connectivity index (χ4v) is 5.32. The average Bonchev–Trinajstić information content (AvgIpc) is 2.94. The quantitative estimate of drug-likeness (QED) is 0.288. The van der Waals surface area contributed by atoms with E-state index < -0.39 is 5.60 Å². The van der Waals surface area contributed by atoms with E-state index in [2.05, 4.69) is 85.8 Å². The molecule has 1 heterocycles. The van der Waals surface area contributed by atoms with Crippen LogP contribution in [0.25, 0.3) is 0 Å². The minimum absolute atomic E-state index is 0.246. The van der Waals surface area contributed by atoms with Gasteiger partial charge in [-0.2, -0.15) is 0 Å². The lowest BCUT2D eigenvalue weighted by Crippen LogP contribution is -2.42. The molecule has 0 amide bonds. The van der Waals surface area contributed by atoms with Crippen molar-refractivity contribution in [2.24, 2.45) is 0 Å². The third-order valence-electron chi connectivity index (χ3n) is 7.82. The zero-order valence-corrected chi connectivity index (χ0v) is 22.2. The lowest BCUT2D eigenvalue weighted by atomic mass is 9.86. The zero-order valence-electron chi connectivity index (χ0n) is 22.2. The number of hydrogen-bond donors (Lipinski definition) is 1. The number of fused-ring (bicyclic) bond motifs is 1.